The minimum Gasteiger partial charge on any atom is -0.347 e. The van der Waals surface area contributed by atoms with E-state index in [0.717, 1.165) is 6.42 Å². The second-order valence-corrected chi connectivity index (χ2v) is 6.91. The fraction of sp³-hybridized carbons (Fsp3) is 0.632. The Morgan fingerprint density at radius 3 is 2.52 bits per heavy atom. The second kappa shape index (κ2) is 9.99. The van der Waals surface area contributed by atoms with Gasteiger partial charge in [0, 0.05) is 57.5 Å². The van der Waals surface area contributed by atoms with Crippen LogP contribution in [0.4, 0.5) is 0 Å². The summed E-state index contributed by atoms with van der Waals surface area (Å²) in [5, 5.41) is 2.96. The van der Waals surface area contributed by atoms with Crippen LogP contribution in [0.5, 0.6) is 0 Å². The third-order valence-electron chi connectivity index (χ3n) is 5.03. The van der Waals surface area contributed by atoms with Crippen molar-refractivity contribution >= 4 is 17.7 Å². The van der Waals surface area contributed by atoms with Crippen molar-refractivity contribution in [1.29, 1.82) is 0 Å². The monoisotopic (exact) mass is 375 g/mol. The summed E-state index contributed by atoms with van der Waals surface area (Å²) >= 11 is 0. The van der Waals surface area contributed by atoms with Gasteiger partial charge in [-0.05, 0) is 26.7 Å². The molecular weight excluding hydrogens is 346 g/mol. The van der Waals surface area contributed by atoms with Gasteiger partial charge in [-0.15, -0.1) is 0 Å². The average molecular weight is 375 g/mol. The van der Waals surface area contributed by atoms with E-state index in [9.17, 15) is 14.4 Å². The van der Waals surface area contributed by atoms with E-state index in [1.165, 1.54) is 18.7 Å². The van der Waals surface area contributed by atoms with E-state index < -0.39 is 0 Å². The highest BCUT2D eigenvalue weighted by molar-refractivity contribution is 5.93. The van der Waals surface area contributed by atoms with Gasteiger partial charge < -0.3 is 15.1 Å². The van der Waals surface area contributed by atoms with Crippen LogP contribution < -0.4 is 5.32 Å². The fourth-order valence-corrected chi connectivity index (χ4v) is 3.41. The highest BCUT2D eigenvalue weighted by Crippen LogP contribution is 2.21. The molecule has 0 bridgehead atoms. The number of amides is 3. The number of carbonyl (C=O) groups excluding carboxylic acids is 3. The van der Waals surface area contributed by atoms with Crippen LogP contribution in [0.1, 0.15) is 49.9 Å². The van der Waals surface area contributed by atoms with Gasteiger partial charge in [0.15, 0.2) is 0 Å². The van der Waals surface area contributed by atoms with Crippen molar-refractivity contribution in [3.05, 3.63) is 24.3 Å². The molecule has 0 spiro atoms. The molecule has 0 saturated carbocycles. The molecule has 1 aromatic rings. The Hall–Kier alpha value is -2.51. The summed E-state index contributed by atoms with van der Waals surface area (Å²) in [6, 6.07) is -0.172. The van der Waals surface area contributed by atoms with Crippen molar-refractivity contribution in [2.75, 3.05) is 26.7 Å². The van der Waals surface area contributed by atoms with Crippen molar-refractivity contribution in [3.63, 3.8) is 0 Å². The van der Waals surface area contributed by atoms with Crippen molar-refractivity contribution in [2.45, 2.75) is 45.6 Å². The summed E-state index contributed by atoms with van der Waals surface area (Å²) in [6.07, 6.45) is 6.65. The zero-order chi connectivity index (χ0) is 19.8. The number of nitrogens with zero attached hydrogens (tertiary/aromatic N) is 4. The number of likely N-dealkylation sites (N-methyl/N-ethyl adjacent to an activating group) is 1. The minimum atomic E-state index is -0.295. The molecule has 1 saturated heterocycles. The van der Waals surface area contributed by atoms with Crippen LogP contribution in [-0.2, 0) is 9.59 Å². The Labute approximate surface area is 160 Å². The fourth-order valence-electron chi connectivity index (χ4n) is 3.41. The number of hydrogen-bond donors (Lipinski definition) is 1. The molecule has 2 atom stereocenters. The first-order chi connectivity index (χ1) is 13.0. The number of aromatic nitrogens is 2. The van der Waals surface area contributed by atoms with Crippen LogP contribution in [0.2, 0.25) is 0 Å². The van der Waals surface area contributed by atoms with E-state index in [0.29, 0.717) is 38.0 Å². The highest BCUT2D eigenvalue weighted by atomic mass is 16.2. The Morgan fingerprint density at radius 1 is 1.22 bits per heavy atom. The molecule has 1 fully saturated rings. The van der Waals surface area contributed by atoms with Gasteiger partial charge in [0.1, 0.15) is 6.33 Å². The predicted molar refractivity (Wildman–Crippen MR) is 101 cm³/mol. The van der Waals surface area contributed by atoms with Gasteiger partial charge >= 0.3 is 0 Å². The normalized spacial score (nSPS) is 21.0. The van der Waals surface area contributed by atoms with E-state index in [4.69, 9.17) is 0 Å². The van der Waals surface area contributed by atoms with Crippen LogP contribution in [0.3, 0.4) is 0 Å². The van der Waals surface area contributed by atoms with E-state index in [-0.39, 0.29) is 36.1 Å². The van der Waals surface area contributed by atoms with E-state index in [1.54, 1.807) is 16.8 Å². The van der Waals surface area contributed by atoms with E-state index in [1.807, 2.05) is 13.8 Å². The van der Waals surface area contributed by atoms with Crippen LogP contribution in [0.25, 0.3) is 0 Å². The van der Waals surface area contributed by atoms with Crippen LogP contribution in [-0.4, -0.2) is 70.2 Å². The highest BCUT2D eigenvalue weighted by Gasteiger charge is 2.29. The molecule has 0 aliphatic carbocycles. The standard InChI is InChI=1S/C19H29N5O3/c1-4-24(5-2)19(27)14-7-6-8-16(12-23(3)17(25)9-14)22-18(26)15-10-20-13-21-11-15/h10-11,13-14,16H,4-9,12H2,1-3H3,(H,22,26). The second-order valence-electron chi connectivity index (χ2n) is 6.91. The van der Waals surface area contributed by atoms with Gasteiger partial charge in [-0.25, -0.2) is 9.97 Å². The molecular formula is C19H29N5O3. The van der Waals surface area contributed by atoms with E-state index >= 15 is 0 Å². The smallest absolute Gasteiger partial charge is 0.254 e. The van der Waals surface area contributed by atoms with Crippen molar-refractivity contribution in [3.8, 4) is 0 Å². The molecule has 2 unspecified atom stereocenters. The summed E-state index contributed by atoms with van der Waals surface area (Å²) in [5.41, 5.74) is 0.390. The van der Waals surface area contributed by atoms with E-state index in [2.05, 4.69) is 15.3 Å². The van der Waals surface area contributed by atoms with Gasteiger partial charge in [0.05, 0.1) is 5.56 Å². The first-order valence-corrected chi connectivity index (χ1v) is 9.54. The third kappa shape index (κ3) is 5.74. The Balaban J connectivity index is 2.04. The lowest BCUT2D eigenvalue weighted by molar-refractivity contribution is -0.140. The zero-order valence-electron chi connectivity index (χ0n) is 16.4. The third-order valence-corrected chi connectivity index (χ3v) is 5.03. The topological polar surface area (TPSA) is 95.5 Å². The quantitative estimate of drug-likeness (QED) is 0.831. The van der Waals surface area contributed by atoms with Gasteiger partial charge in [-0.3, -0.25) is 14.4 Å². The number of hydrogen-bond acceptors (Lipinski definition) is 5. The first kappa shape index (κ1) is 20.8. The van der Waals surface area contributed by atoms with Crippen LogP contribution >= 0.6 is 0 Å². The predicted octanol–water partition coefficient (Wildman–Crippen LogP) is 1.09. The number of carbonyl (C=O) groups is 3. The maximum atomic E-state index is 12.7. The number of nitrogens with one attached hydrogen (secondary N) is 1. The summed E-state index contributed by atoms with van der Waals surface area (Å²) in [5.74, 6) is -0.566. The molecule has 8 nitrogen and oxygen atoms in total. The first-order valence-electron chi connectivity index (χ1n) is 9.54. The summed E-state index contributed by atoms with van der Waals surface area (Å²) in [4.78, 5) is 48.7. The summed E-state index contributed by atoms with van der Waals surface area (Å²) in [7, 11) is 1.72. The molecule has 2 rings (SSSR count). The van der Waals surface area contributed by atoms with Crippen LogP contribution in [0.15, 0.2) is 18.7 Å². The maximum absolute atomic E-state index is 12.7. The van der Waals surface area contributed by atoms with Crippen LogP contribution in [0, 0.1) is 5.92 Å². The Morgan fingerprint density at radius 2 is 1.89 bits per heavy atom. The summed E-state index contributed by atoms with van der Waals surface area (Å²) < 4.78 is 0. The molecule has 27 heavy (non-hydrogen) atoms. The molecule has 0 aromatic carbocycles. The lowest BCUT2D eigenvalue weighted by Gasteiger charge is -2.26. The van der Waals surface area contributed by atoms with Crippen molar-refractivity contribution in [2.24, 2.45) is 5.92 Å². The van der Waals surface area contributed by atoms with Crippen molar-refractivity contribution < 1.29 is 14.4 Å². The van der Waals surface area contributed by atoms with Gasteiger partial charge in [0.25, 0.3) is 5.91 Å². The largest absolute Gasteiger partial charge is 0.347 e. The van der Waals surface area contributed by atoms with Crippen molar-refractivity contribution in [1.82, 2.24) is 25.1 Å². The molecule has 1 aromatic heterocycles. The molecule has 1 N–H and O–H groups in total. The SMILES string of the molecule is CCN(CC)C(=O)C1CCCC(NC(=O)c2cncnc2)CN(C)C(=O)C1. The zero-order valence-corrected chi connectivity index (χ0v) is 16.4. The summed E-state index contributed by atoms with van der Waals surface area (Å²) in [6.45, 7) is 5.61. The Bertz CT molecular complexity index is 648. The average Bonchev–Trinajstić information content (AvgIpc) is 2.74. The molecule has 1 aliphatic heterocycles. The lowest BCUT2D eigenvalue weighted by Crippen LogP contribution is -2.44. The molecule has 148 valence electrons. The molecule has 0 radical (unpaired) electrons. The van der Waals surface area contributed by atoms with Gasteiger partial charge in [-0.2, -0.15) is 0 Å². The van der Waals surface area contributed by atoms with Gasteiger partial charge in [-0.1, -0.05) is 6.42 Å². The lowest BCUT2D eigenvalue weighted by atomic mass is 9.95. The van der Waals surface area contributed by atoms with Gasteiger partial charge in [0.2, 0.25) is 11.8 Å². The molecule has 2 heterocycles. The number of rotatable bonds is 5. The Kier molecular flexibility index (Phi) is 7.69. The minimum absolute atomic E-state index is 0.0469. The molecule has 8 heteroatoms. The maximum Gasteiger partial charge on any atom is 0.254 e. The molecule has 3 amide bonds. The molecule has 1 aliphatic rings.